The van der Waals surface area contributed by atoms with E-state index in [9.17, 15) is 22.4 Å². The summed E-state index contributed by atoms with van der Waals surface area (Å²) in [4.78, 5) is 28.9. The van der Waals surface area contributed by atoms with E-state index in [4.69, 9.17) is 0 Å². The van der Waals surface area contributed by atoms with Crippen LogP contribution in [-0.4, -0.2) is 44.3 Å². The number of nitrogens with one attached hydrogen (secondary N) is 1. The predicted octanol–water partition coefficient (Wildman–Crippen LogP) is 5.63. The minimum Gasteiger partial charge on any atom is -0.354 e. The van der Waals surface area contributed by atoms with Crippen molar-refractivity contribution in [1.29, 1.82) is 0 Å². The van der Waals surface area contributed by atoms with Gasteiger partial charge in [-0.05, 0) is 49.2 Å². The molecule has 0 saturated carbocycles. The van der Waals surface area contributed by atoms with Crippen molar-refractivity contribution < 1.29 is 26.8 Å². The van der Waals surface area contributed by atoms with Gasteiger partial charge in [0.25, 0.3) is 10.0 Å². The second-order valence-corrected chi connectivity index (χ2v) is 12.2. The molecular weight excluding hydrogens is 584 g/mol. The van der Waals surface area contributed by atoms with Crippen LogP contribution in [-0.2, 0) is 32.6 Å². The number of rotatable bonds is 13. The smallest absolute Gasteiger partial charge is 0.264 e. The molecule has 2 amide bonds. The molecule has 0 heterocycles. The lowest BCUT2D eigenvalue weighted by Crippen LogP contribution is -2.53. The molecule has 0 spiro atoms. The number of carbonyl (C=O) groups is 2. The van der Waals surface area contributed by atoms with Crippen molar-refractivity contribution >= 4 is 27.5 Å². The number of para-hydroxylation sites is 1. The van der Waals surface area contributed by atoms with E-state index in [2.05, 4.69) is 5.32 Å². The maximum absolute atomic E-state index is 15.2. The minimum absolute atomic E-state index is 0.0843. The van der Waals surface area contributed by atoms with Gasteiger partial charge < -0.3 is 10.2 Å². The first-order valence-electron chi connectivity index (χ1n) is 14.3. The lowest BCUT2D eigenvalue weighted by Gasteiger charge is -2.34. The van der Waals surface area contributed by atoms with Crippen LogP contribution in [0, 0.1) is 18.6 Å². The monoisotopic (exact) mass is 619 g/mol. The number of aryl methyl sites for hydroxylation is 1. The van der Waals surface area contributed by atoms with E-state index in [1.54, 1.807) is 49.4 Å². The zero-order valence-electron chi connectivity index (χ0n) is 24.6. The van der Waals surface area contributed by atoms with Gasteiger partial charge in [-0.3, -0.25) is 13.9 Å². The van der Waals surface area contributed by atoms with Gasteiger partial charge in [-0.25, -0.2) is 17.2 Å². The number of amides is 2. The highest BCUT2D eigenvalue weighted by Gasteiger charge is 2.35. The van der Waals surface area contributed by atoms with Gasteiger partial charge in [0.05, 0.1) is 10.6 Å². The molecule has 230 valence electrons. The third-order valence-corrected chi connectivity index (χ3v) is 8.90. The van der Waals surface area contributed by atoms with Gasteiger partial charge in [-0.15, -0.1) is 0 Å². The van der Waals surface area contributed by atoms with Crippen LogP contribution in [0.2, 0.25) is 0 Å². The maximum atomic E-state index is 15.2. The van der Waals surface area contributed by atoms with Gasteiger partial charge in [-0.1, -0.05) is 85.3 Å². The molecule has 0 fully saturated rings. The van der Waals surface area contributed by atoms with Crippen LogP contribution in [0.1, 0.15) is 30.0 Å². The summed E-state index contributed by atoms with van der Waals surface area (Å²) in [5.74, 6) is -2.71. The third kappa shape index (κ3) is 7.87. The van der Waals surface area contributed by atoms with Gasteiger partial charge in [-0.2, -0.15) is 0 Å². The average molecular weight is 620 g/mol. The zero-order valence-corrected chi connectivity index (χ0v) is 25.4. The van der Waals surface area contributed by atoms with E-state index in [0.717, 1.165) is 17.2 Å². The van der Waals surface area contributed by atoms with Crippen LogP contribution in [0.3, 0.4) is 0 Å². The molecule has 1 N–H and O–H groups in total. The SMILES string of the molecule is CCCNC(=O)[C@@H](Cc1ccccc1)N(Cc1ccccc1F)C(=O)CN(c1ccccc1F)S(=O)(=O)c1ccc(C)cc1. The lowest BCUT2D eigenvalue weighted by molar-refractivity contribution is -0.140. The van der Waals surface area contributed by atoms with Crippen molar-refractivity contribution in [3.05, 3.63) is 131 Å². The van der Waals surface area contributed by atoms with Crippen molar-refractivity contribution in [1.82, 2.24) is 10.2 Å². The Kier molecular flexibility index (Phi) is 10.8. The molecule has 4 aromatic rings. The molecule has 0 radical (unpaired) electrons. The number of anilines is 1. The molecule has 4 rings (SSSR count). The van der Waals surface area contributed by atoms with Crippen molar-refractivity contribution in [2.24, 2.45) is 0 Å². The molecule has 0 bridgehead atoms. The summed E-state index contributed by atoms with van der Waals surface area (Å²) in [5.41, 5.74) is 1.37. The molecule has 0 aliphatic carbocycles. The van der Waals surface area contributed by atoms with Crippen LogP contribution in [0.15, 0.2) is 108 Å². The van der Waals surface area contributed by atoms with E-state index < -0.39 is 46.1 Å². The van der Waals surface area contributed by atoms with Gasteiger partial charge in [0.2, 0.25) is 11.8 Å². The summed E-state index contributed by atoms with van der Waals surface area (Å²) in [5, 5.41) is 2.83. The number of benzene rings is 4. The number of sulfonamides is 1. The highest BCUT2D eigenvalue weighted by Crippen LogP contribution is 2.27. The zero-order chi connectivity index (χ0) is 31.7. The van der Waals surface area contributed by atoms with Crippen molar-refractivity contribution in [2.45, 2.75) is 44.2 Å². The Labute approximate surface area is 257 Å². The summed E-state index contributed by atoms with van der Waals surface area (Å²) in [6.45, 7) is 2.87. The van der Waals surface area contributed by atoms with E-state index >= 15 is 4.39 Å². The second kappa shape index (κ2) is 14.7. The Bertz CT molecular complexity index is 1680. The van der Waals surface area contributed by atoms with Crippen molar-refractivity contribution in [3.8, 4) is 0 Å². The standard InChI is InChI=1S/C34H35F2N3O4S/c1-3-21-37-34(41)32(22-26-11-5-4-6-12-26)38(23-27-13-7-8-14-29(27)35)33(40)24-39(31-16-10-9-15-30(31)36)44(42,43)28-19-17-25(2)18-20-28/h4-20,32H,3,21-24H2,1-2H3,(H,37,41)/t32-/m1/s1. The quantitative estimate of drug-likeness (QED) is 0.210. The molecule has 44 heavy (non-hydrogen) atoms. The van der Waals surface area contributed by atoms with E-state index in [1.165, 1.54) is 53.4 Å². The number of hydrogen-bond donors (Lipinski definition) is 1. The topological polar surface area (TPSA) is 86.8 Å². The van der Waals surface area contributed by atoms with Crippen LogP contribution >= 0.6 is 0 Å². The third-order valence-electron chi connectivity index (χ3n) is 7.13. The fraction of sp³-hybridized carbons (Fsp3) is 0.235. The fourth-order valence-corrected chi connectivity index (χ4v) is 6.16. The number of carbonyl (C=O) groups excluding carboxylic acids is 2. The van der Waals surface area contributed by atoms with E-state index in [1.807, 2.05) is 13.0 Å². The van der Waals surface area contributed by atoms with Crippen LogP contribution in [0.25, 0.3) is 0 Å². The molecular formula is C34H35F2N3O4S. The normalized spacial score (nSPS) is 11.9. The lowest BCUT2D eigenvalue weighted by atomic mass is 10.0. The first kappa shape index (κ1) is 32.3. The largest absolute Gasteiger partial charge is 0.354 e. The molecule has 4 aromatic carbocycles. The minimum atomic E-state index is -4.45. The van der Waals surface area contributed by atoms with Gasteiger partial charge in [0.15, 0.2) is 0 Å². The molecule has 7 nitrogen and oxygen atoms in total. The molecule has 0 aromatic heterocycles. The molecule has 0 aliphatic rings. The number of nitrogens with zero attached hydrogens (tertiary/aromatic N) is 2. The summed E-state index contributed by atoms with van der Waals surface area (Å²) >= 11 is 0. The maximum Gasteiger partial charge on any atom is 0.264 e. The summed E-state index contributed by atoms with van der Waals surface area (Å²) in [7, 11) is -4.45. The van der Waals surface area contributed by atoms with Gasteiger partial charge in [0.1, 0.15) is 24.2 Å². The Hall–Kier alpha value is -4.57. The highest BCUT2D eigenvalue weighted by atomic mass is 32.2. The summed E-state index contributed by atoms with van der Waals surface area (Å²) in [6, 6.07) is 25.0. The molecule has 0 saturated heterocycles. The molecule has 0 aliphatic heterocycles. The Morgan fingerprint density at radius 2 is 1.43 bits per heavy atom. The van der Waals surface area contributed by atoms with Gasteiger partial charge >= 0.3 is 0 Å². The molecule has 1 atom stereocenters. The Morgan fingerprint density at radius 3 is 2.07 bits per heavy atom. The van der Waals surface area contributed by atoms with Crippen LogP contribution in [0.4, 0.5) is 14.5 Å². The van der Waals surface area contributed by atoms with Crippen molar-refractivity contribution in [3.63, 3.8) is 0 Å². The Balaban J connectivity index is 1.81. The van der Waals surface area contributed by atoms with Crippen molar-refractivity contribution in [2.75, 3.05) is 17.4 Å². The van der Waals surface area contributed by atoms with Crippen LogP contribution in [0.5, 0.6) is 0 Å². The number of halogens is 2. The Morgan fingerprint density at radius 1 is 0.818 bits per heavy atom. The first-order chi connectivity index (χ1) is 21.1. The average Bonchev–Trinajstić information content (AvgIpc) is 3.02. The molecule has 10 heteroatoms. The highest BCUT2D eigenvalue weighted by molar-refractivity contribution is 7.92. The molecule has 0 unspecified atom stereocenters. The van der Waals surface area contributed by atoms with Crippen LogP contribution < -0.4 is 9.62 Å². The summed E-state index contributed by atoms with van der Waals surface area (Å²) in [6.07, 6.45) is 0.724. The summed E-state index contributed by atoms with van der Waals surface area (Å²) < 4.78 is 58.7. The first-order valence-corrected chi connectivity index (χ1v) is 15.7. The second-order valence-electron chi connectivity index (χ2n) is 10.4. The van der Waals surface area contributed by atoms with E-state index in [0.29, 0.717) is 17.3 Å². The predicted molar refractivity (Wildman–Crippen MR) is 166 cm³/mol. The number of hydrogen-bond acceptors (Lipinski definition) is 4. The van der Waals surface area contributed by atoms with E-state index in [-0.39, 0.29) is 29.1 Å². The fourth-order valence-electron chi connectivity index (χ4n) is 4.73. The van der Waals surface area contributed by atoms with Gasteiger partial charge in [0, 0.05) is 25.1 Å².